The summed E-state index contributed by atoms with van der Waals surface area (Å²) in [5.74, 6) is -1.05. The SMILES string of the molecule is C[C@H]1[C@H]([Si](C)(C)O)[C@@H](CC(=O)N(CCO)Cc2ccccc2)O[C@]12C(=O)Nc1ccc(-n3[nH]c4ccccc4c3=O)cc12. The van der Waals surface area contributed by atoms with E-state index in [1.807, 2.05) is 49.4 Å². The minimum atomic E-state index is -2.98. The molecular formula is C32H36N4O6Si. The fraction of sp³-hybridized carbons (Fsp3) is 0.344. The molecule has 224 valence electrons. The number of hydrogen-bond donors (Lipinski definition) is 4. The lowest BCUT2D eigenvalue weighted by Crippen LogP contribution is -2.44. The number of aliphatic hydroxyl groups excluding tert-OH is 1. The number of para-hydroxylation sites is 1. The van der Waals surface area contributed by atoms with E-state index in [1.165, 1.54) is 4.68 Å². The Morgan fingerprint density at radius 1 is 1.07 bits per heavy atom. The Balaban J connectivity index is 1.37. The van der Waals surface area contributed by atoms with Gasteiger partial charge in [0.1, 0.15) is 0 Å². The first-order chi connectivity index (χ1) is 20.5. The summed E-state index contributed by atoms with van der Waals surface area (Å²) in [6, 6.07) is 22.1. The Kier molecular flexibility index (Phi) is 7.37. The summed E-state index contributed by atoms with van der Waals surface area (Å²) in [5, 5.41) is 16.3. The van der Waals surface area contributed by atoms with Crippen molar-refractivity contribution in [3.8, 4) is 5.69 Å². The van der Waals surface area contributed by atoms with Crippen molar-refractivity contribution in [2.24, 2.45) is 5.92 Å². The molecule has 10 nitrogen and oxygen atoms in total. The van der Waals surface area contributed by atoms with Crippen LogP contribution in [0.15, 0.2) is 77.6 Å². The van der Waals surface area contributed by atoms with Crippen LogP contribution >= 0.6 is 0 Å². The van der Waals surface area contributed by atoms with Gasteiger partial charge in [0, 0.05) is 35.8 Å². The lowest BCUT2D eigenvalue weighted by Gasteiger charge is -2.32. The van der Waals surface area contributed by atoms with Gasteiger partial charge in [0.25, 0.3) is 11.5 Å². The zero-order valence-corrected chi connectivity index (χ0v) is 25.4. The number of ether oxygens (including phenoxy) is 1. The Labute approximate surface area is 250 Å². The van der Waals surface area contributed by atoms with Crippen LogP contribution in [0, 0.1) is 5.92 Å². The second kappa shape index (κ2) is 10.9. The third kappa shape index (κ3) is 4.91. The van der Waals surface area contributed by atoms with E-state index in [-0.39, 0.29) is 36.9 Å². The number of rotatable bonds is 8. The normalized spacial score (nSPS) is 23.1. The van der Waals surface area contributed by atoms with E-state index in [1.54, 1.807) is 48.3 Å². The lowest BCUT2D eigenvalue weighted by molar-refractivity contribution is -0.148. The van der Waals surface area contributed by atoms with Gasteiger partial charge in [-0.1, -0.05) is 49.4 Å². The highest BCUT2D eigenvalue weighted by Gasteiger charge is 2.65. The predicted molar refractivity (Wildman–Crippen MR) is 165 cm³/mol. The zero-order chi connectivity index (χ0) is 30.5. The van der Waals surface area contributed by atoms with Gasteiger partial charge in [-0.3, -0.25) is 19.5 Å². The van der Waals surface area contributed by atoms with Gasteiger partial charge in [-0.15, -0.1) is 0 Å². The summed E-state index contributed by atoms with van der Waals surface area (Å²) in [7, 11) is -2.98. The molecule has 4 aromatic rings. The first-order valence-corrected chi connectivity index (χ1v) is 17.6. The van der Waals surface area contributed by atoms with Crippen molar-refractivity contribution in [3.05, 3.63) is 94.3 Å². The van der Waals surface area contributed by atoms with Crippen LogP contribution in [0.3, 0.4) is 0 Å². The maximum absolute atomic E-state index is 13.8. The number of amides is 2. The van der Waals surface area contributed by atoms with Crippen molar-refractivity contribution in [1.82, 2.24) is 14.7 Å². The van der Waals surface area contributed by atoms with E-state index in [4.69, 9.17) is 4.74 Å². The quantitative estimate of drug-likeness (QED) is 0.229. The number of aliphatic hydroxyl groups is 1. The molecule has 11 heteroatoms. The molecule has 0 saturated carbocycles. The molecule has 43 heavy (non-hydrogen) atoms. The van der Waals surface area contributed by atoms with Gasteiger partial charge in [-0.2, -0.15) is 0 Å². The summed E-state index contributed by atoms with van der Waals surface area (Å²) in [6.45, 7) is 5.78. The van der Waals surface area contributed by atoms with Crippen molar-refractivity contribution < 1.29 is 24.2 Å². The van der Waals surface area contributed by atoms with Crippen LogP contribution in [-0.4, -0.2) is 64.0 Å². The van der Waals surface area contributed by atoms with Crippen molar-refractivity contribution in [3.63, 3.8) is 0 Å². The second-order valence-electron chi connectivity index (χ2n) is 12.1. The third-order valence-electron chi connectivity index (χ3n) is 8.89. The van der Waals surface area contributed by atoms with Gasteiger partial charge in [-0.25, -0.2) is 4.68 Å². The smallest absolute Gasteiger partial charge is 0.279 e. The standard InChI is InChI=1S/C32H36N4O6Si/c1-20-29(43(2,3)41)27(18-28(38)35(15-16-37)19-21-9-5-4-6-10-21)42-32(20)24-17-22(13-14-26(24)33-31(32)40)36-30(39)23-11-7-8-12-25(23)34-36/h4-14,17,20,27,29,34,37,41H,15-16,18-19H2,1-3H3,(H,33,40)/t20-,27+,29-,32+/m0/s1. The highest BCUT2D eigenvalue weighted by atomic mass is 28.4. The highest BCUT2D eigenvalue weighted by Crippen LogP contribution is 2.58. The fourth-order valence-corrected chi connectivity index (χ4v) is 9.54. The molecule has 1 aromatic heterocycles. The van der Waals surface area contributed by atoms with E-state index in [0.29, 0.717) is 34.4 Å². The minimum Gasteiger partial charge on any atom is -0.432 e. The molecule has 0 radical (unpaired) electrons. The van der Waals surface area contributed by atoms with Crippen LogP contribution in [0.25, 0.3) is 16.6 Å². The molecule has 3 aromatic carbocycles. The molecule has 4 N–H and O–H groups in total. The molecule has 2 amide bonds. The van der Waals surface area contributed by atoms with Crippen LogP contribution in [0.1, 0.15) is 24.5 Å². The van der Waals surface area contributed by atoms with Gasteiger partial charge in [0.2, 0.25) is 5.91 Å². The van der Waals surface area contributed by atoms with Crippen LogP contribution in [0.4, 0.5) is 5.69 Å². The summed E-state index contributed by atoms with van der Waals surface area (Å²) < 4.78 is 8.13. The Bertz CT molecular complexity index is 1750. The Morgan fingerprint density at radius 2 is 1.79 bits per heavy atom. The molecule has 0 bridgehead atoms. The van der Waals surface area contributed by atoms with Crippen LogP contribution in [-0.2, 0) is 26.5 Å². The summed E-state index contributed by atoms with van der Waals surface area (Å²) >= 11 is 0. The first-order valence-electron chi connectivity index (χ1n) is 14.5. The molecule has 2 aliphatic rings. The lowest BCUT2D eigenvalue weighted by atomic mass is 9.82. The van der Waals surface area contributed by atoms with Crippen LogP contribution in [0.5, 0.6) is 0 Å². The van der Waals surface area contributed by atoms with Gasteiger partial charge in [0.05, 0.1) is 35.7 Å². The number of benzene rings is 3. The molecule has 6 rings (SSSR count). The number of carbonyl (C=O) groups excluding carboxylic acids is 2. The van der Waals surface area contributed by atoms with E-state index in [2.05, 4.69) is 10.4 Å². The number of nitrogens with zero attached hydrogens (tertiary/aromatic N) is 2. The number of hydrogen-bond acceptors (Lipinski definition) is 6. The van der Waals surface area contributed by atoms with E-state index in [0.717, 1.165) is 5.56 Å². The number of aromatic nitrogens is 2. The van der Waals surface area contributed by atoms with E-state index >= 15 is 0 Å². The Hall–Kier alpha value is -4.03. The van der Waals surface area contributed by atoms with Crippen molar-refractivity contribution in [2.75, 3.05) is 18.5 Å². The number of fused-ring (bicyclic) bond motifs is 3. The highest BCUT2D eigenvalue weighted by molar-refractivity contribution is 6.71. The fourth-order valence-electron chi connectivity index (χ4n) is 6.98. The van der Waals surface area contributed by atoms with Gasteiger partial charge in [-0.05, 0) is 49.0 Å². The van der Waals surface area contributed by atoms with Crippen molar-refractivity contribution >= 4 is 36.7 Å². The van der Waals surface area contributed by atoms with Crippen molar-refractivity contribution in [1.29, 1.82) is 0 Å². The Morgan fingerprint density at radius 3 is 2.49 bits per heavy atom. The average molecular weight is 601 g/mol. The molecule has 0 unspecified atom stereocenters. The molecule has 3 heterocycles. The third-order valence-corrected chi connectivity index (χ3v) is 11.4. The molecule has 1 saturated heterocycles. The van der Waals surface area contributed by atoms with E-state index in [9.17, 15) is 24.3 Å². The molecule has 1 fully saturated rings. The summed E-state index contributed by atoms with van der Waals surface area (Å²) in [4.78, 5) is 53.8. The average Bonchev–Trinajstić information content (AvgIpc) is 3.57. The number of H-pyrrole nitrogens is 1. The number of carbonyl (C=O) groups is 2. The van der Waals surface area contributed by atoms with Gasteiger partial charge >= 0.3 is 0 Å². The predicted octanol–water partition coefficient (Wildman–Crippen LogP) is 3.48. The largest absolute Gasteiger partial charge is 0.432 e. The molecule has 2 aliphatic heterocycles. The maximum atomic E-state index is 13.8. The van der Waals surface area contributed by atoms with Crippen molar-refractivity contribution in [2.45, 2.75) is 50.2 Å². The van der Waals surface area contributed by atoms with Crippen LogP contribution < -0.4 is 10.9 Å². The number of aromatic amines is 1. The van der Waals surface area contributed by atoms with Gasteiger partial charge in [0.15, 0.2) is 13.9 Å². The summed E-state index contributed by atoms with van der Waals surface area (Å²) in [5.41, 5.74) is 1.19. The zero-order valence-electron chi connectivity index (χ0n) is 24.4. The number of nitrogens with one attached hydrogen (secondary N) is 2. The molecular weight excluding hydrogens is 564 g/mol. The molecule has 0 aliphatic carbocycles. The van der Waals surface area contributed by atoms with Gasteiger partial charge < -0.3 is 24.9 Å². The van der Waals surface area contributed by atoms with E-state index < -0.39 is 31.5 Å². The minimum absolute atomic E-state index is 0.0512. The topological polar surface area (TPSA) is 137 Å². The maximum Gasteiger partial charge on any atom is 0.279 e. The van der Waals surface area contributed by atoms with Crippen LogP contribution in [0.2, 0.25) is 18.6 Å². The second-order valence-corrected chi connectivity index (χ2v) is 16.0. The summed E-state index contributed by atoms with van der Waals surface area (Å²) in [6.07, 6.45) is -0.785. The monoisotopic (exact) mass is 600 g/mol. The number of anilines is 1. The molecule has 4 atom stereocenters. The molecule has 1 spiro atoms. The first kappa shape index (κ1) is 29.1.